The van der Waals surface area contributed by atoms with Crippen molar-refractivity contribution in [2.75, 3.05) is 6.61 Å². The second-order valence-electron chi connectivity index (χ2n) is 4.63. The zero-order chi connectivity index (χ0) is 13.5. The van der Waals surface area contributed by atoms with E-state index in [0.717, 1.165) is 24.0 Å². The average Bonchev–Trinajstić information content (AvgIpc) is 2.27. The minimum Gasteiger partial charge on any atom is -0.458 e. The summed E-state index contributed by atoms with van der Waals surface area (Å²) in [5, 5.41) is 0. The molecule has 0 spiro atoms. The molecule has 0 heterocycles. The molecule has 2 nitrogen and oxygen atoms in total. The van der Waals surface area contributed by atoms with Gasteiger partial charge in [0.2, 0.25) is 0 Å². The molecule has 0 atom stereocenters. The lowest BCUT2D eigenvalue weighted by Crippen LogP contribution is -2.09. The lowest BCUT2D eigenvalue weighted by atomic mass is 10.00. The van der Waals surface area contributed by atoms with Gasteiger partial charge in [0.05, 0.1) is 5.56 Å². The molecule has 0 N–H and O–H groups in total. The topological polar surface area (TPSA) is 26.3 Å². The fraction of sp³-hybridized carbons (Fsp3) is 0.438. The van der Waals surface area contributed by atoms with E-state index in [4.69, 9.17) is 4.74 Å². The highest BCUT2D eigenvalue weighted by Gasteiger charge is 2.13. The summed E-state index contributed by atoms with van der Waals surface area (Å²) in [5.41, 5.74) is 3.83. The fourth-order valence-electron chi connectivity index (χ4n) is 2.05. The fourth-order valence-corrected chi connectivity index (χ4v) is 2.05. The quantitative estimate of drug-likeness (QED) is 0.577. The predicted octanol–water partition coefficient (Wildman–Crippen LogP) is 4.12. The van der Waals surface area contributed by atoms with Gasteiger partial charge in [-0.05, 0) is 38.3 Å². The van der Waals surface area contributed by atoms with Crippen molar-refractivity contribution in [2.24, 2.45) is 0 Å². The van der Waals surface area contributed by atoms with Crippen LogP contribution in [0.5, 0.6) is 0 Å². The molecule has 1 rings (SSSR count). The van der Waals surface area contributed by atoms with Gasteiger partial charge in [-0.2, -0.15) is 0 Å². The first kappa shape index (κ1) is 14.5. The molecule has 0 aliphatic rings. The van der Waals surface area contributed by atoms with Crippen LogP contribution in [0.4, 0.5) is 0 Å². The van der Waals surface area contributed by atoms with Crippen molar-refractivity contribution in [3.63, 3.8) is 0 Å². The van der Waals surface area contributed by atoms with Crippen LogP contribution in [0.3, 0.4) is 0 Å². The Kier molecular flexibility index (Phi) is 5.63. The lowest BCUT2D eigenvalue weighted by molar-refractivity contribution is 0.0547. The maximum absolute atomic E-state index is 12.0. The van der Waals surface area contributed by atoms with E-state index in [9.17, 15) is 4.79 Å². The summed E-state index contributed by atoms with van der Waals surface area (Å²) in [6, 6.07) is 4.02. The van der Waals surface area contributed by atoms with E-state index in [1.54, 1.807) is 0 Å². The highest BCUT2D eigenvalue weighted by atomic mass is 16.5. The summed E-state index contributed by atoms with van der Waals surface area (Å²) >= 11 is 0. The van der Waals surface area contributed by atoms with Crippen molar-refractivity contribution in [3.05, 3.63) is 46.5 Å². The van der Waals surface area contributed by atoms with Gasteiger partial charge in [-0.15, -0.1) is 0 Å². The van der Waals surface area contributed by atoms with Crippen LogP contribution in [-0.2, 0) is 4.74 Å². The van der Waals surface area contributed by atoms with E-state index in [2.05, 4.69) is 6.92 Å². The van der Waals surface area contributed by atoms with Crippen molar-refractivity contribution < 1.29 is 9.53 Å². The Balaban J connectivity index is 2.67. The third kappa shape index (κ3) is 4.02. The summed E-state index contributed by atoms with van der Waals surface area (Å²) in [6.45, 7) is 8.40. The number of carbonyl (C=O) groups excluding carboxylic acids is 1. The Bertz CT molecular complexity index is 421. The van der Waals surface area contributed by atoms with Crippen LogP contribution in [0.25, 0.3) is 0 Å². The number of ether oxygens (including phenoxy) is 1. The van der Waals surface area contributed by atoms with E-state index in [0.29, 0.717) is 12.2 Å². The van der Waals surface area contributed by atoms with E-state index in [1.807, 2.05) is 45.1 Å². The van der Waals surface area contributed by atoms with Crippen LogP contribution in [-0.4, -0.2) is 12.6 Å². The minimum absolute atomic E-state index is 0.230. The number of hydrogen-bond donors (Lipinski definition) is 0. The third-order valence-corrected chi connectivity index (χ3v) is 2.81. The predicted molar refractivity (Wildman–Crippen MR) is 75.0 cm³/mol. The SMILES string of the molecule is CCC/C=C/COC(=O)c1c(C)cc(C)cc1C. The van der Waals surface area contributed by atoms with Crippen LogP contribution >= 0.6 is 0 Å². The first-order valence-corrected chi connectivity index (χ1v) is 6.46. The van der Waals surface area contributed by atoms with Gasteiger partial charge >= 0.3 is 5.97 Å². The van der Waals surface area contributed by atoms with Gasteiger partial charge in [0.15, 0.2) is 0 Å². The maximum Gasteiger partial charge on any atom is 0.338 e. The molecule has 0 amide bonds. The number of esters is 1. The molecule has 0 fully saturated rings. The molecule has 18 heavy (non-hydrogen) atoms. The second-order valence-corrected chi connectivity index (χ2v) is 4.63. The van der Waals surface area contributed by atoms with Crippen LogP contribution in [0.1, 0.15) is 46.8 Å². The zero-order valence-corrected chi connectivity index (χ0v) is 11.7. The number of allylic oxidation sites excluding steroid dienone is 1. The molecule has 0 aliphatic heterocycles. The number of rotatable bonds is 5. The summed E-state index contributed by atoms with van der Waals surface area (Å²) in [7, 11) is 0. The minimum atomic E-state index is -0.230. The number of unbranched alkanes of at least 4 members (excludes halogenated alkanes) is 1. The Labute approximate surface area is 110 Å². The molecule has 0 saturated heterocycles. The molecule has 0 bridgehead atoms. The molecular weight excluding hydrogens is 224 g/mol. The van der Waals surface area contributed by atoms with Crippen molar-refractivity contribution in [1.82, 2.24) is 0 Å². The van der Waals surface area contributed by atoms with Crippen molar-refractivity contribution in [3.8, 4) is 0 Å². The number of carbonyl (C=O) groups is 1. The summed E-state index contributed by atoms with van der Waals surface area (Å²) in [5.74, 6) is -0.230. The maximum atomic E-state index is 12.0. The summed E-state index contributed by atoms with van der Waals surface area (Å²) in [4.78, 5) is 12.0. The molecule has 0 radical (unpaired) electrons. The zero-order valence-electron chi connectivity index (χ0n) is 11.7. The van der Waals surface area contributed by atoms with Crippen molar-refractivity contribution >= 4 is 5.97 Å². The van der Waals surface area contributed by atoms with E-state index < -0.39 is 0 Å². The van der Waals surface area contributed by atoms with Gasteiger partial charge < -0.3 is 4.74 Å². The molecule has 1 aromatic carbocycles. The lowest BCUT2D eigenvalue weighted by Gasteiger charge is -2.10. The normalized spacial score (nSPS) is 10.9. The van der Waals surface area contributed by atoms with Crippen LogP contribution in [0, 0.1) is 20.8 Å². The highest BCUT2D eigenvalue weighted by Crippen LogP contribution is 2.17. The Morgan fingerprint density at radius 1 is 1.17 bits per heavy atom. The molecule has 0 saturated carbocycles. The van der Waals surface area contributed by atoms with Crippen molar-refractivity contribution in [1.29, 1.82) is 0 Å². The number of aryl methyl sites for hydroxylation is 3. The van der Waals surface area contributed by atoms with E-state index >= 15 is 0 Å². The van der Waals surface area contributed by atoms with Crippen molar-refractivity contribution in [2.45, 2.75) is 40.5 Å². The number of hydrogen-bond acceptors (Lipinski definition) is 2. The first-order valence-electron chi connectivity index (χ1n) is 6.46. The van der Waals surface area contributed by atoms with Crippen LogP contribution in [0.15, 0.2) is 24.3 Å². The second kappa shape index (κ2) is 7.00. The third-order valence-electron chi connectivity index (χ3n) is 2.81. The average molecular weight is 246 g/mol. The largest absolute Gasteiger partial charge is 0.458 e. The van der Waals surface area contributed by atoms with Gasteiger partial charge in [0, 0.05) is 0 Å². The first-order chi connectivity index (χ1) is 8.56. The van der Waals surface area contributed by atoms with Gasteiger partial charge in [0.25, 0.3) is 0 Å². The Hall–Kier alpha value is -1.57. The molecule has 2 heteroatoms. The molecule has 0 aliphatic carbocycles. The van der Waals surface area contributed by atoms with E-state index in [1.165, 1.54) is 5.56 Å². The van der Waals surface area contributed by atoms with Gasteiger partial charge in [-0.25, -0.2) is 4.79 Å². The van der Waals surface area contributed by atoms with Crippen LogP contribution < -0.4 is 0 Å². The molecule has 1 aromatic rings. The van der Waals surface area contributed by atoms with Gasteiger partial charge in [-0.3, -0.25) is 0 Å². The van der Waals surface area contributed by atoms with Gasteiger partial charge in [0.1, 0.15) is 6.61 Å². The number of benzene rings is 1. The van der Waals surface area contributed by atoms with Crippen LogP contribution in [0.2, 0.25) is 0 Å². The summed E-state index contributed by atoms with van der Waals surface area (Å²) < 4.78 is 5.25. The highest BCUT2D eigenvalue weighted by molar-refractivity contribution is 5.92. The standard InChI is InChI=1S/C16H22O2/c1-5-6-7-8-9-18-16(17)15-13(3)10-12(2)11-14(15)4/h7-8,10-11H,5-6,9H2,1-4H3/b8-7+. The molecule has 0 unspecified atom stereocenters. The van der Waals surface area contributed by atoms with Gasteiger partial charge in [-0.1, -0.05) is 43.2 Å². The van der Waals surface area contributed by atoms with E-state index in [-0.39, 0.29) is 5.97 Å². The smallest absolute Gasteiger partial charge is 0.338 e. The molecule has 98 valence electrons. The Morgan fingerprint density at radius 2 is 1.78 bits per heavy atom. The molecule has 0 aromatic heterocycles. The Morgan fingerprint density at radius 3 is 2.33 bits per heavy atom. The summed E-state index contributed by atoms with van der Waals surface area (Å²) in [6.07, 6.45) is 6.09. The molecular formula is C16H22O2. The monoisotopic (exact) mass is 246 g/mol.